The van der Waals surface area contributed by atoms with Crippen molar-refractivity contribution in [2.24, 2.45) is 0 Å². The van der Waals surface area contributed by atoms with Crippen LogP contribution in [0.2, 0.25) is 0 Å². The van der Waals surface area contributed by atoms with Gasteiger partial charge in [0.05, 0.1) is 5.69 Å². The van der Waals surface area contributed by atoms with Crippen LogP contribution < -0.4 is 0 Å². The highest BCUT2D eigenvalue weighted by Crippen LogP contribution is 2.37. The molecule has 0 bridgehead atoms. The van der Waals surface area contributed by atoms with Crippen LogP contribution in [0, 0.1) is 0 Å². The van der Waals surface area contributed by atoms with Gasteiger partial charge in [-0.05, 0) is 22.9 Å². The van der Waals surface area contributed by atoms with Gasteiger partial charge in [0.25, 0.3) is 0 Å². The van der Waals surface area contributed by atoms with Gasteiger partial charge in [-0.1, -0.05) is 54.6 Å². The highest BCUT2D eigenvalue weighted by molar-refractivity contribution is 7.25. The van der Waals surface area contributed by atoms with E-state index in [1.165, 1.54) is 20.9 Å². The van der Waals surface area contributed by atoms with E-state index < -0.39 is 0 Å². The zero-order valence-corrected chi connectivity index (χ0v) is 13.0. The number of hydrogen-bond donors (Lipinski definition) is 0. The summed E-state index contributed by atoms with van der Waals surface area (Å²) >= 11 is 1.72. The lowest BCUT2D eigenvalue weighted by Gasteiger charge is -2.05. The van der Waals surface area contributed by atoms with Crippen LogP contribution in [0.3, 0.4) is 0 Å². The highest BCUT2D eigenvalue weighted by atomic mass is 32.1. The van der Waals surface area contributed by atoms with Gasteiger partial charge in [0, 0.05) is 21.0 Å². The van der Waals surface area contributed by atoms with E-state index in [1.54, 1.807) is 17.7 Å². The molecule has 0 aliphatic heterocycles. The van der Waals surface area contributed by atoms with Crippen molar-refractivity contribution in [2.75, 3.05) is 0 Å². The number of thiophene rings is 1. The van der Waals surface area contributed by atoms with Crippen LogP contribution in [0.25, 0.3) is 42.3 Å². The third-order valence-corrected chi connectivity index (χ3v) is 5.28. The first kappa shape index (κ1) is 12.7. The number of nitrogens with zero attached hydrogens (tertiary/aromatic N) is 2. The van der Waals surface area contributed by atoms with Crippen molar-refractivity contribution in [2.45, 2.75) is 0 Å². The number of rotatable bonds is 1. The van der Waals surface area contributed by atoms with E-state index in [0.29, 0.717) is 0 Å². The summed E-state index contributed by atoms with van der Waals surface area (Å²) in [5.41, 5.74) is 2.15. The van der Waals surface area contributed by atoms with E-state index in [1.807, 2.05) is 0 Å². The summed E-state index contributed by atoms with van der Waals surface area (Å²) in [5, 5.41) is 4.87. The summed E-state index contributed by atoms with van der Waals surface area (Å²) in [5.74, 6) is 0. The normalized spacial score (nSPS) is 11.5. The summed E-state index contributed by atoms with van der Waals surface area (Å²) in [4.78, 5) is 10.1. The van der Waals surface area contributed by atoms with E-state index in [0.717, 1.165) is 21.5 Å². The van der Waals surface area contributed by atoms with Gasteiger partial charge in [0.15, 0.2) is 0 Å². The van der Waals surface area contributed by atoms with Gasteiger partial charge in [-0.15, -0.1) is 11.3 Å². The predicted octanol–water partition coefficient (Wildman–Crippen LogP) is 5.66. The molecule has 3 aromatic carbocycles. The van der Waals surface area contributed by atoms with Gasteiger partial charge in [0.2, 0.25) is 0 Å². The molecule has 0 atom stereocenters. The van der Waals surface area contributed by atoms with Crippen LogP contribution in [0.15, 0.2) is 73.1 Å². The van der Waals surface area contributed by atoms with Crippen molar-refractivity contribution in [1.29, 1.82) is 0 Å². The summed E-state index contributed by atoms with van der Waals surface area (Å²) < 4.78 is 1.25. The van der Waals surface area contributed by atoms with Gasteiger partial charge in [-0.2, -0.15) is 0 Å². The summed E-state index contributed by atoms with van der Waals surface area (Å²) in [6, 6.07) is 23.4. The molecule has 0 saturated heterocycles. The fourth-order valence-electron chi connectivity index (χ4n) is 3.11. The first-order valence-electron chi connectivity index (χ1n) is 7.51. The molecule has 2 heterocycles. The highest BCUT2D eigenvalue weighted by Gasteiger charge is 2.13. The molecule has 0 unspecified atom stereocenters. The van der Waals surface area contributed by atoms with Gasteiger partial charge < -0.3 is 0 Å². The summed E-state index contributed by atoms with van der Waals surface area (Å²) in [7, 11) is 0. The topological polar surface area (TPSA) is 25.8 Å². The molecule has 5 rings (SSSR count). The molecular formula is C20H12N2S. The maximum Gasteiger partial charge on any atom is 0.128 e. The molecule has 0 aliphatic rings. The quantitative estimate of drug-likeness (QED) is 0.399. The first-order valence-corrected chi connectivity index (χ1v) is 8.33. The number of fused-ring (bicyclic) bond motifs is 4. The molecule has 0 fully saturated rings. The second-order valence-corrected chi connectivity index (χ2v) is 6.59. The molecule has 108 valence electrons. The molecule has 5 aromatic rings. The largest absolute Gasteiger partial charge is 0.236 e. The maximum absolute atomic E-state index is 4.60. The number of aromatic nitrogens is 2. The Hall–Kier alpha value is -2.78. The Bertz CT molecular complexity index is 1170. The third kappa shape index (κ3) is 1.94. The van der Waals surface area contributed by atoms with Crippen LogP contribution in [0.1, 0.15) is 0 Å². The Kier molecular flexibility index (Phi) is 2.69. The summed E-state index contributed by atoms with van der Waals surface area (Å²) in [6.07, 6.45) is 1.67. The minimum absolute atomic E-state index is 1.01. The van der Waals surface area contributed by atoms with Crippen molar-refractivity contribution in [3.8, 4) is 11.3 Å². The maximum atomic E-state index is 4.60. The predicted molar refractivity (Wildman–Crippen MR) is 97.9 cm³/mol. The Morgan fingerprint density at radius 1 is 0.739 bits per heavy atom. The van der Waals surface area contributed by atoms with E-state index >= 15 is 0 Å². The Balaban J connectivity index is 1.87. The molecule has 0 N–H and O–H groups in total. The minimum Gasteiger partial charge on any atom is -0.236 e. The van der Waals surface area contributed by atoms with Crippen LogP contribution in [0.5, 0.6) is 0 Å². The fraction of sp³-hybridized carbons (Fsp3) is 0. The van der Waals surface area contributed by atoms with E-state index in [-0.39, 0.29) is 0 Å². The standard InChI is InChI=1S/C20H12N2S/c1-2-6-14-11-15(10-9-13(14)5-1)19-18-16-7-3-4-8-17(16)23-20(18)22-12-21-19/h1-12H. The van der Waals surface area contributed by atoms with Gasteiger partial charge in [0.1, 0.15) is 11.2 Å². The van der Waals surface area contributed by atoms with Crippen LogP contribution in [-0.2, 0) is 0 Å². The van der Waals surface area contributed by atoms with Crippen molar-refractivity contribution >= 4 is 42.4 Å². The van der Waals surface area contributed by atoms with Crippen LogP contribution >= 0.6 is 11.3 Å². The van der Waals surface area contributed by atoms with Crippen molar-refractivity contribution < 1.29 is 0 Å². The molecule has 3 heteroatoms. The first-order chi connectivity index (χ1) is 11.4. The lowest BCUT2D eigenvalue weighted by Crippen LogP contribution is -1.87. The zero-order valence-electron chi connectivity index (χ0n) is 12.2. The van der Waals surface area contributed by atoms with Gasteiger partial charge in [-0.25, -0.2) is 9.97 Å². The van der Waals surface area contributed by atoms with Gasteiger partial charge in [-0.3, -0.25) is 0 Å². The second-order valence-electron chi connectivity index (χ2n) is 5.56. The smallest absolute Gasteiger partial charge is 0.128 e. The number of benzene rings is 3. The monoisotopic (exact) mass is 312 g/mol. The fourth-order valence-corrected chi connectivity index (χ4v) is 4.15. The van der Waals surface area contributed by atoms with E-state index in [4.69, 9.17) is 0 Å². The molecule has 2 nitrogen and oxygen atoms in total. The van der Waals surface area contributed by atoms with E-state index in [9.17, 15) is 0 Å². The van der Waals surface area contributed by atoms with Crippen LogP contribution in [-0.4, -0.2) is 9.97 Å². The molecule has 0 aliphatic carbocycles. The SMILES string of the molecule is c1ccc2cc(-c3ncnc4sc5ccccc5c34)ccc2c1. The molecule has 0 spiro atoms. The third-order valence-electron chi connectivity index (χ3n) is 4.20. The molecule has 0 saturated carbocycles. The second kappa shape index (κ2) is 4.86. The van der Waals surface area contributed by atoms with Crippen molar-refractivity contribution in [3.63, 3.8) is 0 Å². The van der Waals surface area contributed by atoms with Crippen LogP contribution in [0.4, 0.5) is 0 Å². The molecule has 23 heavy (non-hydrogen) atoms. The lowest BCUT2D eigenvalue weighted by molar-refractivity contribution is 1.24. The molecule has 0 radical (unpaired) electrons. The Morgan fingerprint density at radius 3 is 2.52 bits per heavy atom. The molecular weight excluding hydrogens is 300 g/mol. The van der Waals surface area contributed by atoms with E-state index in [2.05, 4.69) is 76.7 Å². The zero-order chi connectivity index (χ0) is 15.2. The Labute approximate surface area is 137 Å². The van der Waals surface area contributed by atoms with Gasteiger partial charge >= 0.3 is 0 Å². The number of hydrogen-bond acceptors (Lipinski definition) is 3. The van der Waals surface area contributed by atoms with Crippen molar-refractivity contribution in [1.82, 2.24) is 9.97 Å². The minimum atomic E-state index is 1.01. The Morgan fingerprint density at radius 2 is 1.57 bits per heavy atom. The lowest BCUT2D eigenvalue weighted by atomic mass is 10.0. The average Bonchev–Trinajstić information content (AvgIpc) is 3.00. The average molecular weight is 312 g/mol. The van der Waals surface area contributed by atoms with Crippen molar-refractivity contribution in [3.05, 3.63) is 73.1 Å². The molecule has 2 aromatic heterocycles. The molecule has 0 amide bonds. The summed E-state index contributed by atoms with van der Waals surface area (Å²) in [6.45, 7) is 0.